The van der Waals surface area contributed by atoms with E-state index in [1.54, 1.807) is 48.5 Å². The molecule has 0 spiro atoms. The highest BCUT2D eigenvalue weighted by molar-refractivity contribution is 7.80. The van der Waals surface area contributed by atoms with Crippen LogP contribution in [0, 0.1) is 0 Å². The zero-order valence-electron chi connectivity index (χ0n) is 16.5. The van der Waals surface area contributed by atoms with Crippen LogP contribution in [-0.4, -0.2) is 49.8 Å². The maximum absolute atomic E-state index is 13.3. The lowest BCUT2D eigenvalue weighted by molar-refractivity contribution is -0.140. The topological polar surface area (TPSA) is 68.3 Å². The molecule has 9 heteroatoms. The maximum Gasteiger partial charge on any atom is 0.325 e. The number of carbonyl (C=O) groups is 2. The van der Waals surface area contributed by atoms with Crippen molar-refractivity contribution in [1.82, 2.24) is 4.90 Å². The summed E-state index contributed by atoms with van der Waals surface area (Å²) in [7, 11) is 4.30. The van der Waals surface area contributed by atoms with Crippen LogP contribution < -0.4 is 14.4 Å². The number of amides is 1. The molecule has 0 saturated carbocycles. The molecule has 0 atom stereocenters. The molecule has 2 aromatic rings. The lowest BCUT2D eigenvalue weighted by Crippen LogP contribution is -2.35. The fourth-order valence-electron chi connectivity index (χ4n) is 3.02. The number of esters is 1. The lowest BCUT2D eigenvalue weighted by Gasteiger charge is -2.19. The number of nitrogens with zero attached hydrogens (tertiary/aromatic N) is 2. The van der Waals surface area contributed by atoms with Gasteiger partial charge in [0.05, 0.1) is 27.0 Å². The molecule has 2 aromatic carbocycles. The summed E-state index contributed by atoms with van der Waals surface area (Å²) in [6, 6.07) is 12.0. The van der Waals surface area contributed by atoms with Crippen molar-refractivity contribution in [2.24, 2.45) is 0 Å². The number of carbonyl (C=O) groups excluding carboxylic acids is 2. The van der Waals surface area contributed by atoms with E-state index in [9.17, 15) is 9.59 Å². The van der Waals surface area contributed by atoms with Gasteiger partial charge in [0.25, 0.3) is 5.91 Å². The summed E-state index contributed by atoms with van der Waals surface area (Å²) in [4.78, 5) is 28.1. The standard InChI is InChI=1S/C21H19ClN2O5S/c1-27-17-6-4-5-13(19(17)29-3)11-16-20(26)24(15-9-7-14(22)8-10-15)21(30)23(16)12-18(25)28-2/h4-11H,12H2,1-3H3/b16-11-. The molecule has 3 rings (SSSR count). The number of anilines is 1. The second kappa shape index (κ2) is 9.15. The average molecular weight is 447 g/mol. The third-order valence-electron chi connectivity index (χ3n) is 4.46. The van der Waals surface area contributed by atoms with Crippen LogP contribution in [0.3, 0.4) is 0 Å². The smallest absolute Gasteiger partial charge is 0.325 e. The fourth-order valence-corrected chi connectivity index (χ4v) is 3.49. The number of rotatable bonds is 6. The highest BCUT2D eigenvalue weighted by Gasteiger charge is 2.40. The van der Waals surface area contributed by atoms with Crippen molar-refractivity contribution in [2.45, 2.75) is 0 Å². The summed E-state index contributed by atoms with van der Waals surface area (Å²) in [5, 5.41) is 0.681. The van der Waals surface area contributed by atoms with Crippen LogP contribution in [0.1, 0.15) is 5.56 Å². The lowest BCUT2D eigenvalue weighted by atomic mass is 10.1. The SMILES string of the molecule is COC(=O)CN1C(=S)N(c2ccc(Cl)cc2)C(=O)/C1=C/c1cccc(OC)c1OC. The molecule has 1 fully saturated rings. The van der Waals surface area contributed by atoms with Crippen LogP contribution in [0.25, 0.3) is 6.08 Å². The Kier molecular flexibility index (Phi) is 6.59. The van der Waals surface area contributed by atoms with Gasteiger partial charge < -0.3 is 19.1 Å². The largest absolute Gasteiger partial charge is 0.493 e. The number of thiocarbonyl (C=S) groups is 1. The van der Waals surface area contributed by atoms with Gasteiger partial charge in [-0.05, 0) is 48.6 Å². The van der Waals surface area contributed by atoms with Gasteiger partial charge in [0.15, 0.2) is 16.6 Å². The van der Waals surface area contributed by atoms with Gasteiger partial charge in [0.1, 0.15) is 12.2 Å². The van der Waals surface area contributed by atoms with Crippen LogP contribution in [0.5, 0.6) is 11.5 Å². The number of hydrogen-bond acceptors (Lipinski definition) is 6. The summed E-state index contributed by atoms with van der Waals surface area (Å²) in [5.74, 6) is 0.0332. The molecule has 30 heavy (non-hydrogen) atoms. The van der Waals surface area contributed by atoms with Gasteiger partial charge in [-0.25, -0.2) is 0 Å². The zero-order valence-corrected chi connectivity index (χ0v) is 18.1. The Morgan fingerprint density at radius 1 is 1.10 bits per heavy atom. The quantitative estimate of drug-likeness (QED) is 0.382. The maximum atomic E-state index is 13.3. The first-order chi connectivity index (χ1) is 14.4. The number of halogens is 1. The predicted octanol–water partition coefficient (Wildman–Crippen LogP) is 3.50. The van der Waals surface area contributed by atoms with Gasteiger partial charge in [0, 0.05) is 10.6 Å². The second-order valence-electron chi connectivity index (χ2n) is 6.17. The van der Waals surface area contributed by atoms with Gasteiger partial charge in [-0.15, -0.1) is 0 Å². The van der Waals surface area contributed by atoms with E-state index < -0.39 is 11.9 Å². The second-order valence-corrected chi connectivity index (χ2v) is 6.98. The van der Waals surface area contributed by atoms with Gasteiger partial charge in [-0.1, -0.05) is 23.7 Å². The monoisotopic (exact) mass is 446 g/mol. The van der Waals surface area contributed by atoms with E-state index in [2.05, 4.69) is 0 Å². The van der Waals surface area contributed by atoms with E-state index in [0.717, 1.165) is 0 Å². The number of benzene rings is 2. The van der Waals surface area contributed by atoms with Crippen LogP contribution in [0.2, 0.25) is 5.02 Å². The van der Waals surface area contributed by atoms with Crippen molar-refractivity contribution in [3.05, 3.63) is 58.7 Å². The molecule has 1 saturated heterocycles. The summed E-state index contributed by atoms with van der Waals surface area (Å²) >= 11 is 11.5. The third kappa shape index (κ3) is 4.10. The van der Waals surface area contributed by atoms with Crippen LogP contribution in [0.15, 0.2) is 48.2 Å². The highest BCUT2D eigenvalue weighted by Crippen LogP contribution is 2.35. The highest BCUT2D eigenvalue weighted by atomic mass is 35.5. The summed E-state index contributed by atoms with van der Waals surface area (Å²) in [6.07, 6.45) is 1.61. The molecule has 0 aromatic heterocycles. The summed E-state index contributed by atoms with van der Waals surface area (Å²) in [6.45, 7) is -0.219. The molecule has 156 valence electrons. The first-order valence-corrected chi connectivity index (χ1v) is 9.61. The minimum Gasteiger partial charge on any atom is -0.493 e. The minimum absolute atomic E-state index is 0.154. The molecule has 1 aliphatic rings. The van der Waals surface area contributed by atoms with Gasteiger partial charge >= 0.3 is 5.97 Å². The molecule has 0 unspecified atom stereocenters. The van der Waals surface area contributed by atoms with Crippen LogP contribution >= 0.6 is 23.8 Å². The number of ether oxygens (including phenoxy) is 3. The molecule has 0 bridgehead atoms. The number of methoxy groups -OCH3 is 3. The summed E-state index contributed by atoms with van der Waals surface area (Å²) in [5.41, 5.74) is 1.33. The summed E-state index contributed by atoms with van der Waals surface area (Å²) < 4.78 is 15.5. The molecular formula is C21H19ClN2O5S. The van der Waals surface area contributed by atoms with Gasteiger partial charge in [-0.2, -0.15) is 0 Å². The number of para-hydroxylation sites is 1. The van der Waals surface area contributed by atoms with E-state index >= 15 is 0 Å². The van der Waals surface area contributed by atoms with E-state index in [4.69, 9.17) is 38.0 Å². The first kappa shape index (κ1) is 21.6. The Balaban J connectivity index is 2.11. The predicted molar refractivity (Wildman–Crippen MR) is 118 cm³/mol. The van der Waals surface area contributed by atoms with E-state index in [0.29, 0.717) is 27.8 Å². The van der Waals surface area contributed by atoms with Crippen molar-refractivity contribution in [3.8, 4) is 11.5 Å². The normalized spacial score (nSPS) is 15.0. The zero-order chi connectivity index (χ0) is 21.8. The van der Waals surface area contributed by atoms with Crippen LogP contribution in [0.4, 0.5) is 5.69 Å². The Morgan fingerprint density at radius 3 is 2.40 bits per heavy atom. The van der Waals surface area contributed by atoms with Gasteiger partial charge in [0.2, 0.25) is 0 Å². The molecule has 1 heterocycles. The number of hydrogen-bond donors (Lipinski definition) is 0. The molecule has 0 aliphatic carbocycles. The molecule has 1 aliphatic heterocycles. The molecular weight excluding hydrogens is 428 g/mol. The molecule has 0 radical (unpaired) electrons. The Bertz CT molecular complexity index is 1020. The molecule has 0 N–H and O–H groups in total. The Hall–Kier alpha value is -3.10. The van der Waals surface area contributed by atoms with Crippen LogP contribution in [-0.2, 0) is 14.3 Å². The van der Waals surface area contributed by atoms with E-state index in [1.807, 2.05) is 0 Å². The fraction of sp³-hybridized carbons (Fsp3) is 0.190. The average Bonchev–Trinajstić information content (AvgIpc) is 2.98. The Labute approximate surface area is 184 Å². The van der Waals surface area contributed by atoms with Crippen molar-refractivity contribution >= 4 is 52.6 Å². The molecule has 1 amide bonds. The van der Waals surface area contributed by atoms with E-state index in [-0.39, 0.29) is 17.4 Å². The minimum atomic E-state index is -0.536. The van der Waals surface area contributed by atoms with Crippen molar-refractivity contribution in [1.29, 1.82) is 0 Å². The Morgan fingerprint density at radius 2 is 1.80 bits per heavy atom. The van der Waals surface area contributed by atoms with Crippen molar-refractivity contribution in [3.63, 3.8) is 0 Å². The third-order valence-corrected chi connectivity index (χ3v) is 5.12. The first-order valence-electron chi connectivity index (χ1n) is 8.82. The van der Waals surface area contributed by atoms with Gasteiger partial charge in [-0.3, -0.25) is 14.5 Å². The van der Waals surface area contributed by atoms with E-state index in [1.165, 1.54) is 31.1 Å². The molecule has 7 nitrogen and oxygen atoms in total. The van der Waals surface area contributed by atoms with Crippen molar-refractivity contribution < 1.29 is 23.8 Å². The van der Waals surface area contributed by atoms with Crippen molar-refractivity contribution in [2.75, 3.05) is 32.8 Å².